The van der Waals surface area contributed by atoms with E-state index in [-0.39, 0.29) is 5.91 Å². The van der Waals surface area contributed by atoms with E-state index in [2.05, 4.69) is 27.8 Å². The van der Waals surface area contributed by atoms with Gasteiger partial charge in [0.15, 0.2) is 5.96 Å². The highest BCUT2D eigenvalue weighted by Crippen LogP contribution is 2.15. The topological polar surface area (TPSA) is 56.7 Å². The van der Waals surface area contributed by atoms with E-state index in [0.717, 1.165) is 23.8 Å². The Morgan fingerprint density at radius 3 is 2.35 bits per heavy atom. The van der Waals surface area contributed by atoms with Crippen molar-refractivity contribution in [2.45, 2.75) is 11.4 Å². The quantitative estimate of drug-likeness (QED) is 0.341. The zero-order valence-electron chi connectivity index (χ0n) is 15.5. The van der Waals surface area contributed by atoms with Crippen LogP contribution < -0.4 is 10.6 Å². The number of thioether (sulfide) groups is 1. The van der Waals surface area contributed by atoms with Crippen LogP contribution in [-0.2, 0) is 6.54 Å². The van der Waals surface area contributed by atoms with Gasteiger partial charge in [-0.3, -0.25) is 9.79 Å². The first kappa shape index (κ1) is 19.8. The number of carbonyl (C=O) groups is 1. The first-order chi connectivity index (χ1) is 12.6. The standard InChI is InChI=1S/C20H26N4OS/c1-21-20(22-13-14-26-18-7-5-4-6-8-18)23-15-16-9-11-17(12-10-16)19(25)24(2)3/h4-12H,13-15H2,1-3H3,(H2,21,22,23). The van der Waals surface area contributed by atoms with E-state index in [1.807, 2.05) is 54.2 Å². The summed E-state index contributed by atoms with van der Waals surface area (Å²) in [6, 6.07) is 18.0. The van der Waals surface area contributed by atoms with Gasteiger partial charge in [-0.1, -0.05) is 30.3 Å². The summed E-state index contributed by atoms with van der Waals surface area (Å²) in [7, 11) is 5.27. The minimum absolute atomic E-state index is 0.0119. The third-order valence-corrected chi connectivity index (χ3v) is 4.71. The molecule has 0 saturated heterocycles. The van der Waals surface area contributed by atoms with Crippen LogP contribution >= 0.6 is 11.8 Å². The summed E-state index contributed by atoms with van der Waals surface area (Å²) in [5.74, 6) is 1.75. The van der Waals surface area contributed by atoms with Gasteiger partial charge in [-0.25, -0.2) is 0 Å². The van der Waals surface area contributed by atoms with Gasteiger partial charge in [0.25, 0.3) is 5.91 Å². The van der Waals surface area contributed by atoms with Crippen LogP contribution in [0, 0.1) is 0 Å². The van der Waals surface area contributed by atoms with Crippen molar-refractivity contribution in [3.05, 3.63) is 65.7 Å². The average Bonchev–Trinajstić information content (AvgIpc) is 2.68. The molecule has 0 bridgehead atoms. The molecule has 2 aromatic rings. The number of hydrogen-bond acceptors (Lipinski definition) is 3. The van der Waals surface area contributed by atoms with Crippen LogP contribution in [0.1, 0.15) is 15.9 Å². The van der Waals surface area contributed by atoms with Crippen molar-refractivity contribution in [1.82, 2.24) is 15.5 Å². The number of hydrogen-bond donors (Lipinski definition) is 2. The molecule has 0 aliphatic heterocycles. The molecule has 5 nitrogen and oxygen atoms in total. The van der Waals surface area contributed by atoms with Crippen molar-refractivity contribution in [2.75, 3.05) is 33.4 Å². The van der Waals surface area contributed by atoms with Gasteiger partial charge in [0.1, 0.15) is 0 Å². The lowest BCUT2D eigenvalue weighted by molar-refractivity contribution is 0.0827. The maximum atomic E-state index is 11.9. The van der Waals surface area contributed by atoms with Crippen LogP contribution in [0.5, 0.6) is 0 Å². The van der Waals surface area contributed by atoms with E-state index in [1.165, 1.54) is 4.90 Å². The molecule has 0 aliphatic rings. The number of amides is 1. The molecule has 138 valence electrons. The molecule has 0 unspecified atom stereocenters. The maximum absolute atomic E-state index is 11.9. The lowest BCUT2D eigenvalue weighted by Gasteiger charge is -2.13. The van der Waals surface area contributed by atoms with Gasteiger partial charge in [-0.2, -0.15) is 0 Å². The Kier molecular flexibility index (Phi) is 8.02. The van der Waals surface area contributed by atoms with Crippen molar-refractivity contribution >= 4 is 23.6 Å². The van der Waals surface area contributed by atoms with Gasteiger partial charge in [0.05, 0.1) is 0 Å². The molecule has 0 heterocycles. The van der Waals surface area contributed by atoms with Gasteiger partial charge in [-0.15, -0.1) is 11.8 Å². The zero-order chi connectivity index (χ0) is 18.8. The zero-order valence-corrected chi connectivity index (χ0v) is 16.3. The van der Waals surface area contributed by atoms with Crippen LogP contribution in [0.2, 0.25) is 0 Å². The van der Waals surface area contributed by atoms with Gasteiger partial charge in [-0.05, 0) is 29.8 Å². The SMILES string of the molecule is CN=C(NCCSc1ccccc1)NCc1ccc(C(=O)N(C)C)cc1. The summed E-state index contributed by atoms with van der Waals surface area (Å²) >= 11 is 1.81. The molecule has 0 spiro atoms. The van der Waals surface area contributed by atoms with E-state index in [4.69, 9.17) is 0 Å². The number of rotatable bonds is 7. The fourth-order valence-corrected chi connectivity index (χ4v) is 3.07. The molecule has 0 radical (unpaired) electrons. The molecule has 6 heteroatoms. The van der Waals surface area contributed by atoms with Crippen LogP contribution in [0.15, 0.2) is 64.5 Å². The minimum Gasteiger partial charge on any atom is -0.356 e. The van der Waals surface area contributed by atoms with Gasteiger partial charge >= 0.3 is 0 Å². The molecular weight excluding hydrogens is 344 g/mol. The summed E-state index contributed by atoms with van der Waals surface area (Å²) in [4.78, 5) is 19.0. The number of nitrogens with zero attached hydrogens (tertiary/aromatic N) is 2. The summed E-state index contributed by atoms with van der Waals surface area (Å²) < 4.78 is 0. The van der Waals surface area contributed by atoms with Crippen LogP contribution in [0.25, 0.3) is 0 Å². The fraction of sp³-hybridized carbons (Fsp3) is 0.300. The molecule has 2 aromatic carbocycles. The molecule has 0 fully saturated rings. The van der Waals surface area contributed by atoms with Gasteiger partial charge < -0.3 is 15.5 Å². The summed E-state index contributed by atoms with van der Waals surface area (Å²) in [5, 5.41) is 6.60. The first-order valence-electron chi connectivity index (χ1n) is 8.53. The molecular formula is C20H26N4OS. The second-order valence-corrected chi connectivity index (χ2v) is 7.08. The van der Waals surface area contributed by atoms with Crippen molar-refractivity contribution in [1.29, 1.82) is 0 Å². The summed E-state index contributed by atoms with van der Waals surface area (Å²) in [6.07, 6.45) is 0. The monoisotopic (exact) mass is 370 g/mol. The van der Waals surface area contributed by atoms with E-state index in [0.29, 0.717) is 12.1 Å². The molecule has 2 rings (SSSR count). The van der Waals surface area contributed by atoms with Crippen molar-refractivity contribution in [3.8, 4) is 0 Å². The molecule has 2 N–H and O–H groups in total. The lowest BCUT2D eigenvalue weighted by Crippen LogP contribution is -2.37. The number of aliphatic imine (C=N–C) groups is 1. The second-order valence-electron chi connectivity index (χ2n) is 5.91. The predicted octanol–water partition coefficient (Wildman–Crippen LogP) is 2.85. The number of guanidine groups is 1. The Morgan fingerprint density at radius 1 is 1.04 bits per heavy atom. The Labute approximate surface area is 159 Å². The molecule has 0 saturated carbocycles. The largest absolute Gasteiger partial charge is 0.356 e. The third kappa shape index (κ3) is 6.44. The normalized spacial score (nSPS) is 11.1. The van der Waals surface area contributed by atoms with Crippen LogP contribution in [-0.4, -0.2) is 50.2 Å². The van der Waals surface area contributed by atoms with E-state index in [1.54, 1.807) is 26.0 Å². The predicted molar refractivity (Wildman–Crippen MR) is 110 cm³/mol. The Balaban J connectivity index is 1.73. The molecule has 0 atom stereocenters. The summed E-state index contributed by atoms with van der Waals surface area (Å²) in [5.41, 5.74) is 1.79. The number of benzene rings is 2. The van der Waals surface area contributed by atoms with E-state index < -0.39 is 0 Å². The van der Waals surface area contributed by atoms with Crippen LogP contribution in [0.3, 0.4) is 0 Å². The molecule has 26 heavy (non-hydrogen) atoms. The summed E-state index contributed by atoms with van der Waals surface area (Å²) in [6.45, 7) is 1.48. The average molecular weight is 371 g/mol. The van der Waals surface area contributed by atoms with E-state index in [9.17, 15) is 4.79 Å². The van der Waals surface area contributed by atoms with Crippen molar-refractivity contribution < 1.29 is 4.79 Å². The second kappa shape index (κ2) is 10.5. The van der Waals surface area contributed by atoms with Crippen LogP contribution in [0.4, 0.5) is 0 Å². The number of carbonyl (C=O) groups excluding carboxylic acids is 1. The van der Waals surface area contributed by atoms with Gasteiger partial charge in [0, 0.05) is 50.4 Å². The Morgan fingerprint density at radius 2 is 1.73 bits per heavy atom. The fourth-order valence-electron chi connectivity index (χ4n) is 2.28. The Bertz CT molecular complexity index is 714. The third-order valence-electron chi connectivity index (χ3n) is 3.70. The van der Waals surface area contributed by atoms with E-state index >= 15 is 0 Å². The lowest BCUT2D eigenvalue weighted by atomic mass is 10.1. The highest BCUT2D eigenvalue weighted by atomic mass is 32.2. The van der Waals surface area contributed by atoms with Gasteiger partial charge in [0.2, 0.25) is 0 Å². The first-order valence-corrected chi connectivity index (χ1v) is 9.51. The highest BCUT2D eigenvalue weighted by Gasteiger charge is 2.07. The minimum atomic E-state index is 0.0119. The van der Waals surface area contributed by atoms with Crippen molar-refractivity contribution in [3.63, 3.8) is 0 Å². The molecule has 0 aliphatic carbocycles. The maximum Gasteiger partial charge on any atom is 0.253 e. The van der Waals surface area contributed by atoms with Crippen molar-refractivity contribution in [2.24, 2.45) is 4.99 Å². The molecule has 1 amide bonds. The highest BCUT2D eigenvalue weighted by molar-refractivity contribution is 7.99. The molecule has 0 aromatic heterocycles. The number of nitrogens with one attached hydrogen (secondary N) is 2. The smallest absolute Gasteiger partial charge is 0.253 e. The Hall–Kier alpha value is -2.47.